The third kappa shape index (κ3) is 3.16. The third-order valence-corrected chi connectivity index (χ3v) is 6.47. The molecule has 0 radical (unpaired) electrons. The molecule has 2 atom stereocenters. The predicted molar refractivity (Wildman–Crippen MR) is 83.4 cm³/mol. The molecule has 2 heterocycles. The van der Waals surface area contributed by atoms with Gasteiger partial charge in [-0.2, -0.15) is 5.10 Å². The molecule has 3 rings (SSSR count). The molecule has 1 aliphatic carbocycles. The van der Waals surface area contributed by atoms with Crippen molar-refractivity contribution in [2.24, 2.45) is 0 Å². The van der Waals surface area contributed by atoms with E-state index in [1.165, 1.54) is 18.4 Å². The lowest BCUT2D eigenvalue weighted by atomic mass is 9.99. The first-order chi connectivity index (χ1) is 9.87. The Kier molecular flexibility index (Phi) is 3.86. The molecule has 2 aliphatic rings. The maximum atomic E-state index is 11.7. The first-order valence-corrected chi connectivity index (χ1v) is 9.69. The van der Waals surface area contributed by atoms with Crippen molar-refractivity contribution in [2.45, 2.75) is 58.0 Å². The fourth-order valence-corrected chi connectivity index (χ4v) is 5.14. The molecule has 118 valence electrons. The summed E-state index contributed by atoms with van der Waals surface area (Å²) in [5, 5.41) is 8.21. The Balaban J connectivity index is 1.78. The first-order valence-electron chi connectivity index (χ1n) is 7.87. The Hall–Kier alpha value is -0.880. The van der Waals surface area contributed by atoms with E-state index in [1.54, 1.807) is 0 Å². The topological polar surface area (TPSA) is 64.0 Å². The van der Waals surface area contributed by atoms with Crippen molar-refractivity contribution in [1.29, 1.82) is 0 Å². The van der Waals surface area contributed by atoms with Gasteiger partial charge in [-0.15, -0.1) is 0 Å². The lowest BCUT2D eigenvalue weighted by Gasteiger charge is -2.15. The molecule has 5 nitrogen and oxygen atoms in total. The smallest absolute Gasteiger partial charge is 0.152 e. The van der Waals surface area contributed by atoms with E-state index in [2.05, 4.69) is 24.3 Å². The standard InChI is InChI=1S/C15H25N3O2S/c1-10(8-16-13-4-5-13)15-11(2)17-18(12(15)3)14-6-7-21(19,20)9-14/h10,13-14,16H,4-9H2,1-3H3. The monoisotopic (exact) mass is 311 g/mol. The minimum Gasteiger partial charge on any atom is -0.313 e. The Morgan fingerprint density at radius 1 is 1.33 bits per heavy atom. The maximum Gasteiger partial charge on any atom is 0.152 e. The van der Waals surface area contributed by atoms with Crippen LogP contribution in [0.5, 0.6) is 0 Å². The van der Waals surface area contributed by atoms with E-state index in [0.29, 0.717) is 24.1 Å². The number of aryl methyl sites for hydroxylation is 1. The van der Waals surface area contributed by atoms with Crippen LogP contribution in [0.25, 0.3) is 0 Å². The van der Waals surface area contributed by atoms with Crippen LogP contribution in [0.4, 0.5) is 0 Å². The molecular formula is C15H25N3O2S. The van der Waals surface area contributed by atoms with Gasteiger partial charge in [-0.25, -0.2) is 8.42 Å². The number of nitrogens with one attached hydrogen (secondary N) is 1. The quantitative estimate of drug-likeness (QED) is 0.899. The summed E-state index contributed by atoms with van der Waals surface area (Å²) in [4.78, 5) is 0. The number of nitrogens with zero attached hydrogens (tertiary/aromatic N) is 2. The Bertz CT molecular complexity index is 632. The van der Waals surface area contributed by atoms with E-state index in [0.717, 1.165) is 17.9 Å². The summed E-state index contributed by atoms with van der Waals surface area (Å²) < 4.78 is 25.3. The summed E-state index contributed by atoms with van der Waals surface area (Å²) >= 11 is 0. The van der Waals surface area contributed by atoms with Crippen LogP contribution in [-0.2, 0) is 9.84 Å². The minimum atomic E-state index is -2.87. The highest BCUT2D eigenvalue weighted by Crippen LogP contribution is 2.30. The molecule has 0 spiro atoms. The number of aromatic nitrogens is 2. The number of hydrogen-bond donors (Lipinski definition) is 1. The molecule has 1 saturated heterocycles. The predicted octanol–water partition coefficient (Wildman–Crippen LogP) is 1.72. The highest BCUT2D eigenvalue weighted by atomic mass is 32.2. The molecule has 1 aromatic rings. The Morgan fingerprint density at radius 2 is 2.05 bits per heavy atom. The maximum absolute atomic E-state index is 11.7. The normalized spacial score (nSPS) is 26.1. The first kappa shape index (κ1) is 15.0. The summed E-state index contributed by atoms with van der Waals surface area (Å²) in [6.07, 6.45) is 3.28. The number of rotatable bonds is 5. The second-order valence-corrected chi connectivity index (χ2v) is 8.90. The average Bonchev–Trinajstić information content (AvgIpc) is 3.10. The van der Waals surface area contributed by atoms with E-state index in [1.807, 2.05) is 11.6 Å². The molecule has 1 aromatic heterocycles. The molecule has 1 N–H and O–H groups in total. The van der Waals surface area contributed by atoms with Crippen LogP contribution in [0.1, 0.15) is 55.1 Å². The Morgan fingerprint density at radius 3 is 2.62 bits per heavy atom. The van der Waals surface area contributed by atoms with Crippen molar-refractivity contribution in [2.75, 3.05) is 18.1 Å². The van der Waals surface area contributed by atoms with Crippen molar-refractivity contribution in [3.8, 4) is 0 Å². The second-order valence-electron chi connectivity index (χ2n) is 6.67. The van der Waals surface area contributed by atoms with E-state index >= 15 is 0 Å². The summed E-state index contributed by atoms with van der Waals surface area (Å²) in [6.45, 7) is 7.31. The van der Waals surface area contributed by atoms with Gasteiger partial charge < -0.3 is 5.32 Å². The Labute approximate surface area is 127 Å². The van der Waals surface area contributed by atoms with Gasteiger partial charge in [0.25, 0.3) is 0 Å². The molecule has 21 heavy (non-hydrogen) atoms. The van der Waals surface area contributed by atoms with Crippen molar-refractivity contribution < 1.29 is 8.42 Å². The van der Waals surface area contributed by atoms with Gasteiger partial charge in [-0.05, 0) is 39.0 Å². The van der Waals surface area contributed by atoms with Crippen LogP contribution in [0.2, 0.25) is 0 Å². The third-order valence-electron chi connectivity index (χ3n) is 4.72. The van der Waals surface area contributed by atoms with Crippen LogP contribution < -0.4 is 5.32 Å². The molecule has 0 bridgehead atoms. The summed E-state index contributed by atoms with van der Waals surface area (Å²) in [5.41, 5.74) is 3.47. The SMILES string of the molecule is Cc1nn(C2CCS(=O)(=O)C2)c(C)c1C(C)CNC1CC1. The van der Waals surface area contributed by atoms with Crippen molar-refractivity contribution in [1.82, 2.24) is 15.1 Å². The van der Waals surface area contributed by atoms with Gasteiger partial charge in [0, 0.05) is 23.8 Å². The van der Waals surface area contributed by atoms with E-state index in [4.69, 9.17) is 0 Å². The lowest BCUT2D eigenvalue weighted by Crippen LogP contribution is -2.22. The van der Waals surface area contributed by atoms with Crippen LogP contribution in [0.15, 0.2) is 0 Å². The van der Waals surface area contributed by atoms with Gasteiger partial charge in [0.2, 0.25) is 0 Å². The van der Waals surface area contributed by atoms with Crippen molar-refractivity contribution >= 4 is 9.84 Å². The summed E-state index contributed by atoms with van der Waals surface area (Å²) in [6, 6.07) is 0.731. The number of sulfone groups is 1. The zero-order valence-corrected chi connectivity index (χ0v) is 13.9. The lowest BCUT2D eigenvalue weighted by molar-refractivity contribution is 0.484. The van der Waals surface area contributed by atoms with Gasteiger partial charge >= 0.3 is 0 Å². The van der Waals surface area contributed by atoms with Crippen LogP contribution in [0, 0.1) is 13.8 Å². The highest BCUT2D eigenvalue weighted by Gasteiger charge is 2.32. The zero-order valence-electron chi connectivity index (χ0n) is 13.1. The van der Waals surface area contributed by atoms with Gasteiger partial charge in [0.15, 0.2) is 9.84 Å². The molecule has 2 fully saturated rings. The highest BCUT2D eigenvalue weighted by molar-refractivity contribution is 7.91. The van der Waals surface area contributed by atoms with Crippen molar-refractivity contribution in [3.05, 3.63) is 17.0 Å². The average molecular weight is 311 g/mol. The molecule has 1 saturated carbocycles. The molecular weight excluding hydrogens is 286 g/mol. The molecule has 1 aliphatic heterocycles. The fourth-order valence-electron chi connectivity index (χ4n) is 3.45. The molecule has 0 amide bonds. The minimum absolute atomic E-state index is 0.0195. The van der Waals surface area contributed by atoms with Crippen LogP contribution in [-0.4, -0.2) is 42.3 Å². The summed E-state index contributed by atoms with van der Waals surface area (Å²) in [5.74, 6) is 0.949. The molecule has 2 unspecified atom stereocenters. The van der Waals surface area contributed by atoms with Crippen molar-refractivity contribution in [3.63, 3.8) is 0 Å². The molecule has 0 aromatic carbocycles. The number of hydrogen-bond acceptors (Lipinski definition) is 4. The second kappa shape index (κ2) is 5.39. The van der Waals surface area contributed by atoms with E-state index in [9.17, 15) is 8.42 Å². The van der Waals surface area contributed by atoms with Gasteiger partial charge in [0.05, 0.1) is 23.2 Å². The van der Waals surface area contributed by atoms with Crippen LogP contribution >= 0.6 is 0 Å². The fraction of sp³-hybridized carbons (Fsp3) is 0.800. The van der Waals surface area contributed by atoms with E-state index < -0.39 is 9.84 Å². The summed E-state index contributed by atoms with van der Waals surface area (Å²) in [7, 11) is -2.87. The molecule has 6 heteroatoms. The van der Waals surface area contributed by atoms with Gasteiger partial charge in [-0.3, -0.25) is 4.68 Å². The van der Waals surface area contributed by atoms with Gasteiger partial charge in [-0.1, -0.05) is 6.92 Å². The van der Waals surface area contributed by atoms with E-state index in [-0.39, 0.29) is 11.8 Å². The largest absolute Gasteiger partial charge is 0.313 e. The zero-order chi connectivity index (χ0) is 15.2. The van der Waals surface area contributed by atoms with Crippen LogP contribution in [0.3, 0.4) is 0 Å². The van der Waals surface area contributed by atoms with Gasteiger partial charge in [0.1, 0.15) is 0 Å².